The maximum Gasteiger partial charge on any atom is 0.242 e. The Morgan fingerprint density at radius 3 is 2.71 bits per heavy atom. The molecule has 1 aromatic carbocycles. The summed E-state index contributed by atoms with van der Waals surface area (Å²) in [5.41, 5.74) is 6.03. The molecule has 2 rings (SSSR count). The van der Waals surface area contributed by atoms with Crippen LogP contribution >= 0.6 is 23.8 Å². The fraction of sp³-hybridized carbons (Fsp3) is 0.462. The summed E-state index contributed by atoms with van der Waals surface area (Å²) in [6.07, 6.45) is 1.49. The summed E-state index contributed by atoms with van der Waals surface area (Å²) in [4.78, 5) is 0.205. The van der Waals surface area contributed by atoms with Gasteiger partial charge < -0.3 is 10.5 Å². The lowest BCUT2D eigenvalue weighted by atomic mass is 9.90. The largest absolute Gasteiger partial charge is 0.389 e. The fourth-order valence-corrected chi connectivity index (χ4v) is 4.12. The molecule has 8 heteroatoms. The van der Waals surface area contributed by atoms with E-state index < -0.39 is 10.0 Å². The van der Waals surface area contributed by atoms with Crippen LogP contribution in [0, 0.1) is 0 Å². The van der Waals surface area contributed by atoms with Crippen LogP contribution in [0.15, 0.2) is 23.1 Å². The first-order valence-electron chi connectivity index (χ1n) is 6.56. The molecule has 0 amide bonds. The predicted octanol–water partition coefficient (Wildman–Crippen LogP) is 1.82. The van der Waals surface area contributed by atoms with E-state index in [1.165, 1.54) is 12.1 Å². The number of benzene rings is 1. The molecule has 0 spiro atoms. The number of thiocarbonyl (C=S) groups is 1. The Balaban J connectivity index is 2.08. The number of halogens is 1. The maximum atomic E-state index is 12.3. The second-order valence-electron chi connectivity index (χ2n) is 4.88. The molecule has 1 aliphatic rings. The van der Waals surface area contributed by atoms with Gasteiger partial charge in [-0.15, -0.1) is 0 Å². The van der Waals surface area contributed by atoms with Crippen molar-refractivity contribution in [3.8, 4) is 0 Å². The van der Waals surface area contributed by atoms with E-state index in [0.717, 1.165) is 0 Å². The van der Waals surface area contributed by atoms with Crippen LogP contribution < -0.4 is 10.5 Å². The van der Waals surface area contributed by atoms with Crippen LogP contribution in [0.25, 0.3) is 0 Å². The minimum Gasteiger partial charge on any atom is -0.389 e. The maximum absolute atomic E-state index is 12.3. The normalized spacial score (nSPS) is 21.8. The highest BCUT2D eigenvalue weighted by atomic mass is 35.5. The van der Waals surface area contributed by atoms with Gasteiger partial charge in [0, 0.05) is 18.2 Å². The van der Waals surface area contributed by atoms with Gasteiger partial charge in [0.15, 0.2) is 0 Å². The van der Waals surface area contributed by atoms with Gasteiger partial charge in [-0.2, -0.15) is 0 Å². The summed E-state index contributed by atoms with van der Waals surface area (Å²) in [6.45, 7) is 2.55. The molecule has 0 atom stereocenters. The number of nitrogens with two attached hydrogens (primary N) is 1. The molecular weight excluding hydrogens is 332 g/mol. The molecular formula is C13H17ClN2O3S2. The zero-order valence-electron chi connectivity index (χ0n) is 11.5. The molecule has 21 heavy (non-hydrogen) atoms. The quantitative estimate of drug-likeness (QED) is 0.766. The Morgan fingerprint density at radius 2 is 2.19 bits per heavy atom. The summed E-state index contributed by atoms with van der Waals surface area (Å²) < 4.78 is 32.6. The molecule has 0 saturated heterocycles. The first-order chi connectivity index (χ1) is 9.83. The molecule has 0 aliphatic heterocycles. The lowest BCUT2D eigenvalue weighted by molar-refractivity contribution is -0.00475. The van der Waals surface area contributed by atoms with Crippen molar-refractivity contribution in [1.82, 2.24) is 4.72 Å². The first kappa shape index (κ1) is 16.6. The lowest BCUT2D eigenvalue weighted by Gasteiger charge is -2.35. The van der Waals surface area contributed by atoms with Gasteiger partial charge in [-0.25, -0.2) is 13.1 Å². The van der Waals surface area contributed by atoms with Crippen LogP contribution in [0.1, 0.15) is 25.3 Å². The zero-order chi connectivity index (χ0) is 15.6. The summed E-state index contributed by atoms with van der Waals surface area (Å²) in [5.74, 6) is 0. The van der Waals surface area contributed by atoms with Gasteiger partial charge in [0.1, 0.15) is 9.88 Å². The van der Waals surface area contributed by atoms with Crippen molar-refractivity contribution in [3.63, 3.8) is 0 Å². The van der Waals surface area contributed by atoms with Crippen LogP contribution in [0.4, 0.5) is 0 Å². The van der Waals surface area contributed by atoms with E-state index in [1.807, 2.05) is 6.92 Å². The van der Waals surface area contributed by atoms with Crippen molar-refractivity contribution >= 4 is 38.8 Å². The summed E-state index contributed by atoms with van der Waals surface area (Å²) in [5, 5.41) is 0.105. The van der Waals surface area contributed by atoms with Crippen molar-refractivity contribution in [2.75, 3.05) is 6.61 Å². The minimum atomic E-state index is -3.65. The molecule has 1 fully saturated rings. The monoisotopic (exact) mass is 348 g/mol. The third-order valence-corrected chi connectivity index (χ3v) is 5.56. The Hall–Kier alpha value is -0.730. The van der Waals surface area contributed by atoms with Gasteiger partial charge in [-0.05, 0) is 31.9 Å². The van der Waals surface area contributed by atoms with Crippen LogP contribution in [0.3, 0.4) is 0 Å². The van der Waals surface area contributed by atoms with Crippen LogP contribution in [0.5, 0.6) is 0 Å². The molecule has 0 unspecified atom stereocenters. The van der Waals surface area contributed by atoms with E-state index in [4.69, 9.17) is 34.3 Å². The number of nitrogens with one attached hydrogen (secondary N) is 1. The third kappa shape index (κ3) is 3.92. The smallest absolute Gasteiger partial charge is 0.242 e. The summed E-state index contributed by atoms with van der Waals surface area (Å²) >= 11 is 10.9. The van der Waals surface area contributed by atoms with E-state index in [2.05, 4.69) is 4.72 Å². The highest BCUT2D eigenvalue weighted by molar-refractivity contribution is 7.89. The highest BCUT2D eigenvalue weighted by Gasteiger charge is 2.33. The molecule has 0 aromatic heterocycles. The van der Waals surface area contributed by atoms with Crippen LogP contribution in [-0.2, 0) is 14.8 Å². The average Bonchev–Trinajstić information content (AvgIpc) is 2.35. The number of sulfonamides is 1. The first-order valence-corrected chi connectivity index (χ1v) is 8.83. The molecule has 116 valence electrons. The van der Waals surface area contributed by atoms with Crippen molar-refractivity contribution < 1.29 is 13.2 Å². The SMILES string of the molecule is CCOC1CC(NS(=O)(=O)c2ccc(C(N)=S)cc2Cl)C1. The van der Waals surface area contributed by atoms with Crippen molar-refractivity contribution in [2.24, 2.45) is 5.73 Å². The van der Waals surface area contributed by atoms with E-state index in [0.29, 0.717) is 25.0 Å². The van der Waals surface area contributed by atoms with Gasteiger partial charge in [0.05, 0.1) is 11.1 Å². The number of hydrogen-bond acceptors (Lipinski definition) is 4. The third-order valence-electron chi connectivity index (χ3n) is 3.32. The minimum absolute atomic E-state index is 0.0315. The van der Waals surface area contributed by atoms with E-state index in [-0.39, 0.29) is 27.1 Å². The predicted molar refractivity (Wildman–Crippen MR) is 86.1 cm³/mol. The Kier molecular flexibility index (Phi) is 5.21. The van der Waals surface area contributed by atoms with Crippen molar-refractivity contribution in [2.45, 2.75) is 36.8 Å². The number of rotatable bonds is 6. The molecule has 0 bridgehead atoms. The van der Waals surface area contributed by atoms with Gasteiger partial charge in [-0.1, -0.05) is 29.9 Å². The molecule has 0 radical (unpaired) electrons. The van der Waals surface area contributed by atoms with Crippen molar-refractivity contribution in [1.29, 1.82) is 0 Å². The second kappa shape index (κ2) is 6.58. The van der Waals surface area contributed by atoms with Crippen LogP contribution in [-0.4, -0.2) is 32.2 Å². The number of ether oxygens (including phenoxy) is 1. The van der Waals surface area contributed by atoms with Crippen LogP contribution in [0.2, 0.25) is 5.02 Å². The topological polar surface area (TPSA) is 81.4 Å². The standard InChI is InChI=1S/C13H17ClN2O3S2/c1-2-19-10-6-9(7-10)16-21(17,18)12-4-3-8(13(15)20)5-11(12)14/h3-5,9-10,16H,2,6-7H2,1H3,(H2,15,20). The van der Waals surface area contributed by atoms with E-state index in [9.17, 15) is 8.42 Å². The summed E-state index contributed by atoms with van der Waals surface area (Å²) in [6, 6.07) is 4.31. The molecule has 5 nitrogen and oxygen atoms in total. The Labute approximate surface area is 134 Å². The fourth-order valence-electron chi connectivity index (χ4n) is 2.19. The molecule has 0 heterocycles. The van der Waals surface area contributed by atoms with Gasteiger partial charge in [-0.3, -0.25) is 0 Å². The van der Waals surface area contributed by atoms with Gasteiger partial charge >= 0.3 is 0 Å². The molecule has 1 aromatic rings. The molecule has 1 saturated carbocycles. The van der Waals surface area contributed by atoms with Gasteiger partial charge in [0.2, 0.25) is 10.0 Å². The lowest BCUT2D eigenvalue weighted by Crippen LogP contribution is -2.47. The van der Waals surface area contributed by atoms with Crippen molar-refractivity contribution in [3.05, 3.63) is 28.8 Å². The van der Waals surface area contributed by atoms with E-state index >= 15 is 0 Å². The Bertz CT molecular complexity index is 643. The summed E-state index contributed by atoms with van der Waals surface area (Å²) in [7, 11) is -3.65. The molecule has 3 N–H and O–H groups in total. The number of hydrogen-bond donors (Lipinski definition) is 2. The zero-order valence-corrected chi connectivity index (χ0v) is 13.9. The Morgan fingerprint density at radius 1 is 1.52 bits per heavy atom. The second-order valence-corrected chi connectivity index (χ2v) is 7.41. The highest BCUT2D eigenvalue weighted by Crippen LogP contribution is 2.27. The van der Waals surface area contributed by atoms with E-state index in [1.54, 1.807) is 6.07 Å². The molecule has 1 aliphatic carbocycles. The van der Waals surface area contributed by atoms with Gasteiger partial charge in [0.25, 0.3) is 0 Å². The average molecular weight is 349 g/mol.